The Bertz CT molecular complexity index is 1110. The van der Waals surface area contributed by atoms with Gasteiger partial charge in [-0.1, -0.05) is 19.3 Å². The Kier molecular flexibility index (Phi) is 8.64. The highest BCUT2D eigenvalue weighted by molar-refractivity contribution is 7.92. The molecule has 2 amide bonds. The summed E-state index contributed by atoms with van der Waals surface area (Å²) in [7, 11) is -1.93. The van der Waals surface area contributed by atoms with E-state index in [0.29, 0.717) is 17.0 Å². The summed E-state index contributed by atoms with van der Waals surface area (Å²) in [6.45, 7) is -0.0290. The number of nitrogens with one attached hydrogen (secondary N) is 2. The van der Waals surface area contributed by atoms with E-state index in [0.717, 1.165) is 41.8 Å². The van der Waals surface area contributed by atoms with Crippen molar-refractivity contribution in [1.29, 1.82) is 0 Å². The number of hydrogen-bond acceptors (Lipinski definition) is 6. The molecule has 1 aliphatic carbocycles. The van der Waals surface area contributed by atoms with Crippen molar-refractivity contribution >= 4 is 33.7 Å². The van der Waals surface area contributed by atoms with Gasteiger partial charge in [0.2, 0.25) is 10.0 Å². The second-order valence-electron chi connectivity index (χ2n) is 8.24. The second kappa shape index (κ2) is 11.6. The van der Waals surface area contributed by atoms with Crippen LogP contribution in [0.3, 0.4) is 0 Å². The van der Waals surface area contributed by atoms with Crippen molar-refractivity contribution in [2.45, 2.75) is 38.1 Å². The molecule has 0 atom stereocenters. The molecule has 3 rings (SSSR count). The summed E-state index contributed by atoms with van der Waals surface area (Å²) in [6.07, 6.45) is 8.21. The molecule has 1 aliphatic rings. The molecule has 1 saturated carbocycles. The first-order valence-electron chi connectivity index (χ1n) is 11.1. The maximum atomic E-state index is 12.2. The number of hydrogen-bond donors (Lipinski definition) is 2. The van der Waals surface area contributed by atoms with Gasteiger partial charge in [-0.05, 0) is 66.9 Å². The summed E-state index contributed by atoms with van der Waals surface area (Å²) in [5.41, 5.74) is 3.97. The van der Waals surface area contributed by atoms with E-state index >= 15 is 0 Å². The molecule has 0 unspecified atom stereocenters. The average Bonchev–Trinajstić information content (AvgIpc) is 2.83. The lowest BCUT2D eigenvalue weighted by atomic mass is 9.95. The van der Waals surface area contributed by atoms with Crippen LogP contribution in [0.1, 0.15) is 48.0 Å². The molecule has 10 heteroatoms. The Labute approximate surface area is 200 Å². The molecule has 2 aromatic rings. The zero-order valence-corrected chi connectivity index (χ0v) is 20.2. The number of hydrazone groups is 1. The third-order valence-electron chi connectivity index (χ3n) is 5.59. The number of ether oxygens (including phenoxy) is 1. The molecule has 2 N–H and O–H groups in total. The zero-order chi connectivity index (χ0) is 24.6. The van der Waals surface area contributed by atoms with Crippen molar-refractivity contribution < 1.29 is 22.7 Å². The number of rotatable bonds is 9. The predicted octanol–water partition coefficient (Wildman–Crippen LogP) is 2.67. The Hall–Kier alpha value is -3.40. The molecule has 9 nitrogen and oxygen atoms in total. The van der Waals surface area contributed by atoms with E-state index < -0.39 is 15.9 Å². The number of sulfonamides is 1. The summed E-state index contributed by atoms with van der Waals surface area (Å²) < 4.78 is 29.9. The van der Waals surface area contributed by atoms with Gasteiger partial charge in [0.15, 0.2) is 6.61 Å². The first kappa shape index (κ1) is 25.2. The fourth-order valence-electron chi connectivity index (χ4n) is 3.56. The van der Waals surface area contributed by atoms with Gasteiger partial charge in [0, 0.05) is 18.7 Å². The molecule has 0 aromatic heterocycles. The third kappa shape index (κ3) is 7.58. The molecular weight excluding hydrogens is 456 g/mol. The van der Waals surface area contributed by atoms with Crippen LogP contribution in [0.4, 0.5) is 5.69 Å². The summed E-state index contributed by atoms with van der Waals surface area (Å²) in [6, 6.07) is 13.4. The van der Waals surface area contributed by atoms with Crippen LogP contribution in [-0.4, -0.2) is 52.4 Å². The standard InChI is InChI=1S/C24H30N4O5S/c1-28(34(2,31)32)21-12-10-19(11-13-21)24(30)27-25-16-18-8-14-22(15-9-18)33-17-23(29)26-20-6-4-3-5-7-20/h8-16,20H,3-7,17H2,1-2H3,(H,26,29)(H,27,30)/b25-16-. The van der Waals surface area contributed by atoms with E-state index in [1.54, 1.807) is 36.4 Å². The first-order chi connectivity index (χ1) is 16.2. The van der Waals surface area contributed by atoms with E-state index in [2.05, 4.69) is 15.8 Å². The van der Waals surface area contributed by atoms with Gasteiger partial charge < -0.3 is 10.1 Å². The molecule has 0 saturated heterocycles. The number of benzene rings is 2. The van der Waals surface area contributed by atoms with Crippen LogP contribution in [0.5, 0.6) is 5.75 Å². The highest BCUT2D eigenvalue weighted by atomic mass is 32.2. The minimum atomic E-state index is -3.37. The maximum Gasteiger partial charge on any atom is 0.271 e. The smallest absolute Gasteiger partial charge is 0.271 e. The highest BCUT2D eigenvalue weighted by Crippen LogP contribution is 2.18. The topological polar surface area (TPSA) is 117 Å². The molecule has 0 spiro atoms. The van der Waals surface area contributed by atoms with Crippen molar-refractivity contribution in [1.82, 2.24) is 10.7 Å². The molecule has 182 valence electrons. The number of anilines is 1. The van der Waals surface area contributed by atoms with Crippen molar-refractivity contribution in [2.75, 3.05) is 24.2 Å². The maximum absolute atomic E-state index is 12.2. The van der Waals surface area contributed by atoms with Gasteiger partial charge in [-0.25, -0.2) is 13.8 Å². The van der Waals surface area contributed by atoms with Crippen molar-refractivity contribution in [2.24, 2.45) is 5.10 Å². The minimum Gasteiger partial charge on any atom is -0.484 e. The van der Waals surface area contributed by atoms with Crippen LogP contribution in [0.25, 0.3) is 0 Å². The van der Waals surface area contributed by atoms with Crippen LogP contribution in [-0.2, 0) is 14.8 Å². The zero-order valence-electron chi connectivity index (χ0n) is 19.4. The Morgan fingerprint density at radius 1 is 1.06 bits per heavy atom. The molecule has 0 radical (unpaired) electrons. The van der Waals surface area contributed by atoms with E-state index in [4.69, 9.17) is 4.74 Å². The SMILES string of the molecule is CN(c1ccc(C(=O)N/N=C\c2ccc(OCC(=O)NC3CCCCC3)cc2)cc1)S(C)(=O)=O. The highest BCUT2D eigenvalue weighted by Gasteiger charge is 2.16. The monoisotopic (exact) mass is 486 g/mol. The molecule has 0 bridgehead atoms. The van der Waals surface area contributed by atoms with Crippen LogP contribution in [0.2, 0.25) is 0 Å². The van der Waals surface area contributed by atoms with E-state index in [9.17, 15) is 18.0 Å². The Morgan fingerprint density at radius 3 is 2.32 bits per heavy atom. The number of carbonyl (C=O) groups excluding carboxylic acids is 2. The van der Waals surface area contributed by atoms with E-state index in [-0.39, 0.29) is 18.6 Å². The van der Waals surface area contributed by atoms with Gasteiger partial charge in [0.25, 0.3) is 11.8 Å². The number of nitrogens with zero attached hydrogens (tertiary/aromatic N) is 2. The molecular formula is C24H30N4O5S. The van der Waals surface area contributed by atoms with Crippen LogP contribution in [0.15, 0.2) is 53.6 Å². The number of carbonyl (C=O) groups is 2. The van der Waals surface area contributed by atoms with Crippen LogP contribution < -0.4 is 19.8 Å². The minimum absolute atomic E-state index is 0.0290. The predicted molar refractivity (Wildman–Crippen MR) is 132 cm³/mol. The van der Waals surface area contributed by atoms with Gasteiger partial charge in [0.05, 0.1) is 18.2 Å². The van der Waals surface area contributed by atoms with Gasteiger partial charge in [-0.3, -0.25) is 13.9 Å². The lowest BCUT2D eigenvalue weighted by molar-refractivity contribution is -0.124. The van der Waals surface area contributed by atoms with Crippen molar-refractivity contribution in [3.8, 4) is 5.75 Å². The molecule has 0 aliphatic heterocycles. The van der Waals surface area contributed by atoms with Crippen molar-refractivity contribution in [3.05, 3.63) is 59.7 Å². The van der Waals surface area contributed by atoms with E-state index in [1.165, 1.54) is 31.8 Å². The quantitative estimate of drug-likeness (QED) is 0.417. The normalized spacial score (nSPS) is 14.5. The number of amides is 2. The molecule has 2 aromatic carbocycles. The first-order valence-corrected chi connectivity index (χ1v) is 13.0. The molecule has 0 heterocycles. The summed E-state index contributed by atoms with van der Waals surface area (Å²) in [5.74, 6) is 0.0316. The summed E-state index contributed by atoms with van der Waals surface area (Å²) >= 11 is 0. The van der Waals surface area contributed by atoms with Crippen LogP contribution in [0, 0.1) is 0 Å². The average molecular weight is 487 g/mol. The largest absolute Gasteiger partial charge is 0.484 e. The summed E-state index contributed by atoms with van der Waals surface area (Å²) in [4.78, 5) is 24.3. The van der Waals surface area contributed by atoms with Gasteiger partial charge in [0.1, 0.15) is 5.75 Å². The van der Waals surface area contributed by atoms with E-state index in [1.807, 2.05) is 0 Å². The lowest BCUT2D eigenvalue weighted by Crippen LogP contribution is -2.38. The summed E-state index contributed by atoms with van der Waals surface area (Å²) in [5, 5.41) is 6.96. The second-order valence-corrected chi connectivity index (χ2v) is 10.3. The fraction of sp³-hybridized carbons (Fsp3) is 0.375. The Balaban J connectivity index is 1.44. The van der Waals surface area contributed by atoms with Crippen LogP contribution >= 0.6 is 0 Å². The fourth-order valence-corrected chi connectivity index (χ4v) is 4.06. The third-order valence-corrected chi connectivity index (χ3v) is 6.80. The van der Waals surface area contributed by atoms with Gasteiger partial charge >= 0.3 is 0 Å². The van der Waals surface area contributed by atoms with Crippen molar-refractivity contribution in [3.63, 3.8) is 0 Å². The Morgan fingerprint density at radius 2 is 1.71 bits per heavy atom. The van der Waals surface area contributed by atoms with Gasteiger partial charge in [-0.2, -0.15) is 5.10 Å². The van der Waals surface area contributed by atoms with Gasteiger partial charge in [-0.15, -0.1) is 0 Å². The lowest BCUT2D eigenvalue weighted by Gasteiger charge is -2.22. The molecule has 34 heavy (non-hydrogen) atoms. The molecule has 1 fully saturated rings.